The highest BCUT2D eigenvalue weighted by Crippen LogP contribution is 2.19. The fourth-order valence-corrected chi connectivity index (χ4v) is 3.36. The number of esters is 1. The van der Waals surface area contributed by atoms with Crippen LogP contribution in [0.4, 0.5) is 0 Å². The molecule has 1 fully saturated rings. The van der Waals surface area contributed by atoms with Gasteiger partial charge in [0.15, 0.2) is 6.10 Å². The highest BCUT2D eigenvalue weighted by molar-refractivity contribution is 5.96. The summed E-state index contributed by atoms with van der Waals surface area (Å²) in [5.74, 6) is -1.17. The maximum Gasteiger partial charge on any atom is 0.326 e. The molecule has 0 radical (unpaired) electrons. The Bertz CT molecular complexity index is 843. The normalized spacial score (nSPS) is 14.7. The van der Waals surface area contributed by atoms with Crippen molar-refractivity contribution in [2.45, 2.75) is 32.3 Å². The van der Waals surface area contributed by atoms with E-state index in [0.29, 0.717) is 18.7 Å². The Kier molecular flexibility index (Phi) is 7.00. The van der Waals surface area contributed by atoms with Crippen LogP contribution < -0.4 is 5.32 Å². The molecule has 1 atom stereocenters. The van der Waals surface area contributed by atoms with Crippen LogP contribution in [-0.4, -0.2) is 48.4 Å². The van der Waals surface area contributed by atoms with Gasteiger partial charge in [0.2, 0.25) is 0 Å². The van der Waals surface area contributed by atoms with Crippen molar-refractivity contribution in [1.29, 1.82) is 0 Å². The van der Waals surface area contributed by atoms with Gasteiger partial charge < -0.3 is 15.0 Å². The van der Waals surface area contributed by atoms with Gasteiger partial charge in [0.05, 0.1) is 0 Å². The molecule has 0 aliphatic carbocycles. The van der Waals surface area contributed by atoms with Crippen molar-refractivity contribution >= 4 is 17.8 Å². The largest absolute Gasteiger partial charge is 0.451 e. The van der Waals surface area contributed by atoms with Crippen LogP contribution in [0.2, 0.25) is 0 Å². The molecule has 0 unspecified atom stereocenters. The summed E-state index contributed by atoms with van der Waals surface area (Å²) in [6.45, 7) is 2.70. The molecule has 0 aromatic heterocycles. The van der Waals surface area contributed by atoms with Crippen LogP contribution in [0.3, 0.4) is 0 Å². The fourth-order valence-electron chi connectivity index (χ4n) is 3.36. The van der Waals surface area contributed by atoms with Gasteiger partial charge >= 0.3 is 5.97 Å². The topological polar surface area (TPSA) is 75.7 Å². The molecule has 1 N–H and O–H groups in total. The van der Waals surface area contributed by atoms with E-state index >= 15 is 0 Å². The van der Waals surface area contributed by atoms with Gasteiger partial charge in [-0.15, -0.1) is 0 Å². The molecule has 1 aliphatic heterocycles. The van der Waals surface area contributed by atoms with E-state index < -0.39 is 12.1 Å². The lowest BCUT2D eigenvalue weighted by molar-refractivity contribution is -0.158. The molecule has 1 saturated heterocycles. The van der Waals surface area contributed by atoms with E-state index in [1.165, 1.54) is 0 Å². The summed E-state index contributed by atoms with van der Waals surface area (Å²) in [4.78, 5) is 38.3. The van der Waals surface area contributed by atoms with E-state index in [-0.39, 0.29) is 18.4 Å². The zero-order chi connectivity index (χ0) is 20.6. The lowest BCUT2D eigenvalue weighted by atomic mass is 10.0. The summed E-state index contributed by atoms with van der Waals surface area (Å²) in [6.07, 6.45) is 2.23. The predicted octanol–water partition coefficient (Wildman–Crippen LogP) is 3.03. The molecule has 1 aliphatic rings. The average molecular weight is 394 g/mol. The summed E-state index contributed by atoms with van der Waals surface area (Å²) >= 11 is 0. The van der Waals surface area contributed by atoms with Crippen LogP contribution in [0.1, 0.15) is 36.5 Å². The van der Waals surface area contributed by atoms with E-state index in [9.17, 15) is 14.4 Å². The number of nitrogens with one attached hydrogen (secondary N) is 1. The molecule has 1 heterocycles. The van der Waals surface area contributed by atoms with Crippen LogP contribution in [0.15, 0.2) is 54.6 Å². The number of carbonyl (C=O) groups excluding carboxylic acids is 3. The van der Waals surface area contributed by atoms with E-state index in [0.717, 1.165) is 30.4 Å². The summed E-state index contributed by atoms with van der Waals surface area (Å²) in [6, 6.07) is 17.0. The van der Waals surface area contributed by atoms with Crippen molar-refractivity contribution in [1.82, 2.24) is 10.2 Å². The highest BCUT2D eigenvalue weighted by Gasteiger charge is 2.25. The number of likely N-dealkylation sites (tertiary alicyclic amines) is 1. The van der Waals surface area contributed by atoms with Gasteiger partial charge in [-0.1, -0.05) is 42.5 Å². The minimum Gasteiger partial charge on any atom is -0.451 e. The van der Waals surface area contributed by atoms with E-state index in [2.05, 4.69) is 5.32 Å². The Labute approximate surface area is 170 Å². The smallest absolute Gasteiger partial charge is 0.326 e. The molecular formula is C23H26N2O4. The van der Waals surface area contributed by atoms with Crippen molar-refractivity contribution < 1.29 is 19.1 Å². The molecule has 2 amide bonds. The van der Waals surface area contributed by atoms with E-state index in [4.69, 9.17) is 4.74 Å². The molecule has 2 aromatic rings. The van der Waals surface area contributed by atoms with Crippen LogP contribution in [0.25, 0.3) is 11.1 Å². The summed E-state index contributed by atoms with van der Waals surface area (Å²) in [7, 11) is 0. The number of piperidine rings is 1. The fraction of sp³-hybridized carbons (Fsp3) is 0.348. The zero-order valence-corrected chi connectivity index (χ0v) is 16.6. The summed E-state index contributed by atoms with van der Waals surface area (Å²) < 4.78 is 5.18. The standard InChI is InChI=1S/C23H26N2O4/c1-17(23(28)25-14-6-3-7-15-25)29-21(26)16-24-22(27)20-12-10-19(11-13-20)18-8-4-2-5-9-18/h2,4-5,8-13,17H,3,6-7,14-16H2,1H3,(H,24,27)/t17-/m0/s1. The second-order valence-corrected chi connectivity index (χ2v) is 7.14. The maximum atomic E-state index is 12.3. The number of amides is 2. The zero-order valence-electron chi connectivity index (χ0n) is 16.6. The molecule has 0 bridgehead atoms. The maximum absolute atomic E-state index is 12.3. The first-order valence-electron chi connectivity index (χ1n) is 9.96. The van der Waals surface area contributed by atoms with Gasteiger partial charge in [-0.25, -0.2) is 0 Å². The quantitative estimate of drug-likeness (QED) is 0.764. The van der Waals surface area contributed by atoms with Gasteiger partial charge in [0.25, 0.3) is 11.8 Å². The summed E-state index contributed by atoms with van der Waals surface area (Å²) in [5.41, 5.74) is 2.52. The average Bonchev–Trinajstić information content (AvgIpc) is 2.78. The van der Waals surface area contributed by atoms with Gasteiger partial charge in [-0.2, -0.15) is 0 Å². The Balaban J connectivity index is 1.47. The first-order valence-corrected chi connectivity index (χ1v) is 9.96. The minimum absolute atomic E-state index is 0.180. The molecular weight excluding hydrogens is 368 g/mol. The number of carbonyl (C=O) groups is 3. The van der Waals surface area contributed by atoms with Crippen molar-refractivity contribution in [3.63, 3.8) is 0 Å². The third-order valence-electron chi connectivity index (χ3n) is 4.97. The molecule has 6 nitrogen and oxygen atoms in total. The first-order chi connectivity index (χ1) is 14.0. The van der Waals surface area contributed by atoms with Crippen LogP contribution >= 0.6 is 0 Å². The predicted molar refractivity (Wildman–Crippen MR) is 110 cm³/mol. The SMILES string of the molecule is C[C@H](OC(=O)CNC(=O)c1ccc(-c2ccccc2)cc1)C(=O)N1CCCCC1. The van der Waals surface area contributed by atoms with Gasteiger partial charge in [-0.3, -0.25) is 14.4 Å². The van der Waals surface area contributed by atoms with Gasteiger partial charge in [0, 0.05) is 18.7 Å². The van der Waals surface area contributed by atoms with Crippen molar-refractivity contribution in [3.8, 4) is 11.1 Å². The van der Waals surface area contributed by atoms with Crippen LogP contribution in [0.5, 0.6) is 0 Å². The van der Waals surface area contributed by atoms with Gasteiger partial charge in [-0.05, 0) is 49.4 Å². The molecule has 3 rings (SSSR count). The van der Waals surface area contributed by atoms with Gasteiger partial charge in [0.1, 0.15) is 6.54 Å². The minimum atomic E-state index is -0.845. The monoisotopic (exact) mass is 394 g/mol. The second kappa shape index (κ2) is 9.87. The Morgan fingerprint density at radius 3 is 2.21 bits per heavy atom. The molecule has 6 heteroatoms. The lowest BCUT2D eigenvalue weighted by Gasteiger charge is -2.28. The number of hydrogen-bond donors (Lipinski definition) is 1. The molecule has 2 aromatic carbocycles. The van der Waals surface area contributed by atoms with E-state index in [1.54, 1.807) is 24.0 Å². The number of ether oxygens (including phenoxy) is 1. The summed E-state index contributed by atoms with van der Waals surface area (Å²) in [5, 5.41) is 2.54. The number of rotatable bonds is 6. The Morgan fingerprint density at radius 2 is 1.55 bits per heavy atom. The first kappa shape index (κ1) is 20.6. The van der Waals surface area contributed by atoms with Crippen molar-refractivity contribution in [2.24, 2.45) is 0 Å². The third-order valence-corrected chi connectivity index (χ3v) is 4.97. The number of nitrogens with zero attached hydrogens (tertiary/aromatic N) is 1. The van der Waals surface area contributed by atoms with Crippen LogP contribution in [-0.2, 0) is 14.3 Å². The highest BCUT2D eigenvalue weighted by atomic mass is 16.5. The Hall–Kier alpha value is -3.15. The lowest BCUT2D eigenvalue weighted by Crippen LogP contribution is -2.43. The second-order valence-electron chi connectivity index (χ2n) is 7.14. The molecule has 0 saturated carbocycles. The molecule has 152 valence electrons. The van der Waals surface area contributed by atoms with Crippen LogP contribution in [0, 0.1) is 0 Å². The molecule has 0 spiro atoms. The van der Waals surface area contributed by atoms with E-state index in [1.807, 2.05) is 42.5 Å². The van der Waals surface area contributed by atoms with Crippen molar-refractivity contribution in [2.75, 3.05) is 19.6 Å². The number of benzene rings is 2. The Morgan fingerprint density at radius 1 is 0.931 bits per heavy atom. The number of hydrogen-bond acceptors (Lipinski definition) is 4. The third kappa shape index (κ3) is 5.67. The molecule has 29 heavy (non-hydrogen) atoms. The van der Waals surface area contributed by atoms with Crippen molar-refractivity contribution in [3.05, 3.63) is 60.2 Å².